The van der Waals surface area contributed by atoms with Crippen molar-refractivity contribution in [3.63, 3.8) is 0 Å². The molecule has 1 fully saturated rings. The first kappa shape index (κ1) is 24.4. The number of halogens is 4. The SMILES string of the molecule is CC(=O)c1cc(=NC(=O)[C@@H]2OC(C)(C)[C@H](C)[C@@H]2c2ccc(F)c(F)c2OC(F)F)ccn1O. The van der Waals surface area contributed by atoms with Crippen LogP contribution < -0.4 is 10.1 Å². The molecule has 1 N–H and O–H groups in total. The lowest BCUT2D eigenvalue weighted by Crippen LogP contribution is -2.29. The van der Waals surface area contributed by atoms with Gasteiger partial charge in [-0.25, -0.2) is 9.38 Å². The van der Waals surface area contributed by atoms with Gasteiger partial charge in [0.2, 0.25) is 5.82 Å². The molecule has 3 rings (SSSR count). The summed E-state index contributed by atoms with van der Waals surface area (Å²) in [5.74, 6) is -6.83. The van der Waals surface area contributed by atoms with Crippen molar-refractivity contribution in [3.8, 4) is 5.75 Å². The van der Waals surface area contributed by atoms with Gasteiger partial charge in [0.05, 0.1) is 11.0 Å². The predicted molar refractivity (Wildman–Crippen MR) is 106 cm³/mol. The number of alkyl halides is 2. The molecule has 0 aliphatic carbocycles. The summed E-state index contributed by atoms with van der Waals surface area (Å²) in [6.45, 7) is 2.79. The number of hydrogen-bond acceptors (Lipinski definition) is 5. The maximum absolute atomic E-state index is 14.4. The van der Waals surface area contributed by atoms with Gasteiger partial charge in [0, 0.05) is 24.6 Å². The Morgan fingerprint density at radius 3 is 2.52 bits per heavy atom. The van der Waals surface area contributed by atoms with E-state index in [1.54, 1.807) is 20.8 Å². The number of amides is 1. The van der Waals surface area contributed by atoms with Crippen molar-refractivity contribution < 1.29 is 41.8 Å². The van der Waals surface area contributed by atoms with E-state index in [0.717, 1.165) is 18.3 Å². The van der Waals surface area contributed by atoms with E-state index in [9.17, 15) is 32.4 Å². The molecule has 1 aromatic carbocycles. The molecule has 0 unspecified atom stereocenters. The Morgan fingerprint density at radius 2 is 1.91 bits per heavy atom. The molecule has 2 heterocycles. The highest BCUT2D eigenvalue weighted by Gasteiger charge is 2.51. The number of carbonyl (C=O) groups is 2. The first-order chi connectivity index (χ1) is 15.3. The standard InChI is InChI=1S/C22H22F4N2O5/c1-10-16(13-5-6-14(23)17(24)18(13)32-21(25)26)19(33-22(10,3)4)20(30)27-12-7-8-28(31)15(9-12)11(2)29/h5-10,16,19,21,31H,1-4H3/t10-,16-,19-/m1/s1. The van der Waals surface area contributed by atoms with Gasteiger partial charge in [-0.15, -0.1) is 0 Å². The lowest BCUT2D eigenvalue weighted by Gasteiger charge is -2.26. The first-order valence-electron chi connectivity index (χ1n) is 9.95. The largest absolute Gasteiger partial charge is 0.431 e. The third-order valence-corrected chi connectivity index (χ3v) is 5.80. The summed E-state index contributed by atoms with van der Waals surface area (Å²) in [5, 5.41) is 9.73. The normalized spacial score (nSPS) is 22.6. The topological polar surface area (TPSA) is 90.1 Å². The summed E-state index contributed by atoms with van der Waals surface area (Å²) in [5.41, 5.74) is -1.25. The number of benzene rings is 1. The van der Waals surface area contributed by atoms with Crippen LogP contribution in [0.5, 0.6) is 5.75 Å². The maximum Gasteiger partial charge on any atom is 0.387 e. The van der Waals surface area contributed by atoms with Crippen LogP contribution >= 0.6 is 0 Å². The molecule has 2 aromatic rings. The Balaban J connectivity index is 2.11. The molecule has 11 heteroatoms. The predicted octanol–water partition coefficient (Wildman–Crippen LogP) is 3.83. The number of ether oxygens (including phenoxy) is 2. The van der Waals surface area contributed by atoms with Crippen LogP contribution in [0.25, 0.3) is 0 Å². The summed E-state index contributed by atoms with van der Waals surface area (Å²) in [6.07, 6.45) is -0.228. The Kier molecular flexibility index (Phi) is 6.64. The van der Waals surface area contributed by atoms with Gasteiger partial charge in [0.15, 0.2) is 17.3 Å². The summed E-state index contributed by atoms with van der Waals surface area (Å²) < 4.78 is 64.8. The van der Waals surface area contributed by atoms with E-state index in [2.05, 4.69) is 9.73 Å². The molecule has 7 nitrogen and oxygen atoms in total. The summed E-state index contributed by atoms with van der Waals surface area (Å²) >= 11 is 0. The Morgan fingerprint density at radius 1 is 1.24 bits per heavy atom. The van der Waals surface area contributed by atoms with Crippen molar-refractivity contribution in [3.05, 3.63) is 58.7 Å². The van der Waals surface area contributed by atoms with Gasteiger partial charge in [-0.2, -0.15) is 17.9 Å². The molecule has 0 saturated carbocycles. The van der Waals surface area contributed by atoms with Crippen LogP contribution in [0.3, 0.4) is 0 Å². The number of pyridine rings is 1. The number of hydrogen-bond donors (Lipinski definition) is 1. The van der Waals surface area contributed by atoms with E-state index in [-0.39, 0.29) is 16.6 Å². The minimum atomic E-state index is -3.43. The van der Waals surface area contributed by atoms with E-state index in [1.807, 2.05) is 0 Å². The summed E-state index contributed by atoms with van der Waals surface area (Å²) in [7, 11) is 0. The zero-order chi connectivity index (χ0) is 24.7. The molecule has 1 aromatic heterocycles. The monoisotopic (exact) mass is 470 g/mol. The van der Waals surface area contributed by atoms with Crippen molar-refractivity contribution in [1.82, 2.24) is 4.73 Å². The molecule has 1 aliphatic rings. The minimum Gasteiger partial charge on any atom is -0.431 e. The van der Waals surface area contributed by atoms with E-state index in [1.165, 1.54) is 19.1 Å². The molecule has 178 valence electrons. The molecule has 1 amide bonds. The molecule has 33 heavy (non-hydrogen) atoms. The average molecular weight is 470 g/mol. The fraction of sp³-hybridized carbons (Fsp3) is 0.409. The van der Waals surface area contributed by atoms with Crippen molar-refractivity contribution in [2.45, 2.75) is 51.9 Å². The van der Waals surface area contributed by atoms with Crippen molar-refractivity contribution in [2.75, 3.05) is 0 Å². The van der Waals surface area contributed by atoms with Crippen LogP contribution in [-0.4, -0.2) is 39.9 Å². The Bertz CT molecular complexity index is 1160. The van der Waals surface area contributed by atoms with Crippen LogP contribution in [-0.2, 0) is 9.53 Å². The van der Waals surface area contributed by atoms with E-state index in [4.69, 9.17) is 4.74 Å². The number of rotatable bonds is 5. The fourth-order valence-corrected chi connectivity index (χ4v) is 3.86. The van der Waals surface area contributed by atoms with Crippen LogP contribution in [0.15, 0.2) is 35.5 Å². The van der Waals surface area contributed by atoms with Gasteiger partial charge < -0.3 is 14.7 Å². The van der Waals surface area contributed by atoms with Crippen LogP contribution in [0.2, 0.25) is 0 Å². The number of carbonyl (C=O) groups excluding carboxylic acids is 2. The Labute approximate surface area is 186 Å². The van der Waals surface area contributed by atoms with Gasteiger partial charge >= 0.3 is 6.61 Å². The second-order valence-electron chi connectivity index (χ2n) is 8.24. The summed E-state index contributed by atoms with van der Waals surface area (Å²) in [6, 6.07) is 4.29. The quantitative estimate of drug-likeness (QED) is 0.408. The molecule has 0 bridgehead atoms. The highest BCUT2D eigenvalue weighted by Crippen LogP contribution is 2.49. The van der Waals surface area contributed by atoms with Gasteiger partial charge in [-0.1, -0.05) is 13.0 Å². The second kappa shape index (κ2) is 8.97. The highest BCUT2D eigenvalue weighted by atomic mass is 19.3. The van der Waals surface area contributed by atoms with Gasteiger partial charge in [-0.3, -0.25) is 9.59 Å². The maximum atomic E-state index is 14.4. The molecule has 1 saturated heterocycles. The van der Waals surface area contributed by atoms with Gasteiger partial charge in [0.1, 0.15) is 11.8 Å². The van der Waals surface area contributed by atoms with E-state index in [0.29, 0.717) is 4.73 Å². The Hall–Kier alpha value is -3.21. The van der Waals surface area contributed by atoms with Crippen molar-refractivity contribution in [1.29, 1.82) is 0 Å². The molecular weight excluding hydrogens is 448 g/mol. The number of aromatic nitrogens is 1. The number of nitrogens with zero attached hydrogens (tertiary/aromatic N) is 2. The smallest absolute Gasteiger partial charge is 0.387 e. The van der Waals surface area contributed by atoms with Crippen LogP contribution in [0, 0.1) is 17.6 Å². The van der Waals surface area contributed by atoms with Gasteiger partial charge in [-0.05, 0) is 38.0 Å². The van der Waals surface area contributed by atoms with E-state index >= 15 is 0 Å². The molecule has 1 aliphatic heterocycles. The minimum absolute atomic E-state index is 0.0320. The van der Waals surface area contributed by atoms with Crippen LogP contribution in [0.1, 0.15) is 49.7 Å². The summed E-state index contributed by atoms with van der Waals surface area (Å²) in [4.78, 5) is 28.7. The lowest BCUT2D eigenvalue weighted by atomic mass is 9.78. The zero-order valence-electron chi connectivity index (χ0n) is 18.2. The molecule has 0 radical (unpaired) electrons. The van der Waals surface area contributed by atoms with Crippen molar-refractivity contribution >= 4 is 11.7 Å². The van der Waals surface area contributed by atoms with E-state index < -0.39 is 59.2 Å². The zero-order valence-corrected chi connectivity index (χ0v) is 18.2. The fourth-order valence-electron chi connectivity index (χ4n) is 3.86. The number of ketones is 1. The van der Waals surface area contributed by atoms with Gasteiger partial charge in [0.25, 0.3) is 5.91 Å². The van der Waals surface area contributed by atoms with Crippen LogP contribution in [0.4, 0.5) is 17.6 Å². The highest BCUT2D eigenvalue weighted by molar-refractivity contribution is 5.92. The van der Waals surface area contributed by atoms with Crippen molar-refractivity contribution in [2.24, 2.45) is 10.9 Å². The third kappa shape index (κ3) is 4.77. The number of Topliss-reactive ketones (excluding diaryl/α,β-unsaturated/α-hetero) is 1. The molecule has 3 atom stereocenters. The third-order valence-electron chi connectivity index (χ3n) is 5.80. The lowest BCUT2D eigenvalue weighted by molar-refractivity contribution is -0.133. The second-order valence-corrected chi connectivity index (χ2v) is 8.24. The first-order valence-corrected chi connectivity index (χ1v) is 9.95. The molecular formula is C22H22F4N2O5. The molecule has 0 spiro atoms. The average Bonchev–Trinajstić information content (AvgIpc) is 2.96.